The van der Waals surface area contributed by atoms with E-state index in [9.17, 15) is 0 Å². The van der Waals surface area contributed by atoms with Gasteiger partial charge in [-0.1, -0.05) is 13.3 Å². The molecule has 1 rings (SSSR count). The maximum absolute atomic E-state index is 4.44. The minimum Gasteiger partial charge on any atom is -0.246 e. The molecule has 1 aromatic rings. The Morgan fingerprint density at radius 2 is 2.27 bits per heavy atom. The highest BCUT2D eigenvalue weighted by Gasteiger charge is 2.05. The van der Waals surface area contributed by atoms with Gasteiger partial charge in [-0.25, -0.2) is 4.98 Å². The monoisotopic (exact) mass is 187 g/mol. The minimum absolute atomic E-state index is 0.834. The molecule has 0 N–H and O–H groups in total. The fourth-order valence-electron chi connectivity index (χ4n) is 1.07. The lowest BCUT2D eigenvalue weighted by Crippen LogP contribution is -1.87. The lowest BCUT2D eigenvalue weighted by Gasteiger charge is -1.94. The summed E-state index contributed by atoms with van der Waals surface area (Å²) in [4.78, 5) is 5.78. The van der Waals surface area contributed by atoms with Crippen LogP contribution in [-0.4, -0.2) is 4.98 Å². The standard InChI is InChI=1S/C8H13NS2/c1-3-4-7-8(5-10)11-6(2)9-7/h10H,3-5H2,1-2H3. The summed E-state index contributed by atoms with van der Waals surface area (Å²) in [5.74, 6) is 0.834. The second-order valence-electron chi connectivity index (χ2n) is 2.51. The summed E-state index contributed by atoms with van der Waals surface area (Å²) in [6.07, 6.45) is 2.27. The Hall–Kier alpha value is -0.0200. The summed E-state index contributed by atoms with van der Waals surface area (Å²) in [7, 11) is 0. The van der Waals surface area contributed by atoms with Gasteiger partial charge in [0.25, 0.3) is 0 Å². The van der Waals surface area contributed by atoms with Crippen molar-refractivity contribution in [3.63, 3.8) is 0 Å². The molecular weight excluding hydrogens is 174 g/mol. The van der Waals surface area contributed by atoms with Crippen molar-refractivity contribution in [2.24, 2.45) is 0 Å². The summed E-state index contributed by atoms with van der Waals surface area (Å²) in [5.41, 5.74) is 1.25. The number of aryl methyl sites for hydroxylation is 2. The van der Waals surface area contributed by atoms with Gasteiger partial charge in [0.15, 0.2) is 0 Å². The van der Waals surface area contributed by atoms with Crippen molar-refractivity contribution in [2.45, 2.75) is 32.4 Å². The van der Waals surface area contributed by atoms with Crippen molar-refractivity contribution >= 4 is 24.0 Å². The molecule has 0 amide bonds. The first-order valence-electron chi connectivity index (χ1n) is 3.84. The summed E-state index contributed by atoms with van der Waals surface area (Å²) >= 11 is 6.02. The van der Waals surface area contributed by atoms with Gasteiger partial charge in [-0.15, -0.1) is 11.3 Å². The summed E-state index contributed by atoms with van der Waals surface area (Å²) in [6, 6.07) is 0. The van der Waals surface area contributed by atoms with Gasteiger partial charge in [-0.05, 0) is 13.3 Å². The van der Waals surface area contributed by atoms with Crippen LogP contribution in [0.3, 0.4) is 0 Å². The average molecular weight is 187 g/mol. The molecule has 0 aromatic carbocycles. The normalized spacial score (nSPS) is 10.5. The third-order valence-electron chi connectivity index (χ3n) is 1.52. The zero-order valence-corrected chi connectivity index (χ0v) is 8.63. The van der Waals surface area contributed by atoms with Crippen molar-refractivity contribution < 1.29 is 0 Å². The van der Waals surface area contributed by atoms with Crippen LogP contribution >= 0.6 is 24.0 Å². The van der Waals surface area contributed by atoms with E-state index >= 15 is 0 Å². The molecule has 62 valence electrons. The van der Waals surface area contributed by atoms with Gasteiger partial charge in [0, 0.05) is 10.6 Å². The molecule has 0 saturated carbocycles. The quantitative estimate of drug-likeness (QED) is 0.718. The average Bonchev–Trinajstić information content (AvgIpc) is 2.32. The molecule has 0 bridgehead atoms. The van der Waals surface area contributed by atoms with Crippen LogP contribution in [0.1, 0.15) is 28.9 Å². The van der Waals surface area contributed by atoms with Crippen LogP contribution in [0.4, 0.5) is 0 Å². The molecule has 1 nitrogen and oxygen atoms in total. The molecule has 0 saturated heterocycles. The fraction of sp³-hybridized carbons (Fsp3) is 0.625. The maximum Gasteiger partial charge on any atom is 0.0900 e. The topological polar surface area (TPSA) is 12.9 Å². The molecule has 0 aliphatic rings. The van der Waals surface area contributed by atoms with Gasteiger partial charge in [-0.2, -0.15) is 12.6 Å². The van der Waals surface area contributed by atoms with Crippen LogP contribution in [0.25, 0.3) is 0 Å². The Labute approximate surface area is 77.3 Å². The van der Waals surface area contributed by atoms with Crippen molar-refractivity contribution in [1.29, 1.82) is 0 Å². The predicted molar refractivity (Wildman–Crippen MR) is 53.5 cm³/mol. The van der Waals surface area contributed by atoms with Gasteiger partial charge in [0.05, 0.1) is 10.7 Å². The molecule has 0 aliphatic carbocycles. The molecule has 0 spiro atoms. The van der Waals surface area contributed by atoms with E-state index in [1.54, 1.807) is 11.3 Å². The summed E-state index contributed by atoms with van der Waals surface area (Å²) < 4.78 is 0. The second kappa shape index (κ2) is 4.12. The maximum atomic E-state index is 4.44. The first-order valence-corrected chi connectivity index (χ1v) is 5.28. The highest BCUT2D eigenvalue weighted by atomic mass is 32.1. The Balaban J connectivity index is 2.83. The first-order chi connectivity index (χ1) is 5.27. The summed E-state index contributed by atoms with van der Waals surface area (Å²) in [5, 5.41) is 1.16. The van der Waals surface area contributed by atoms with E-state index in [1.807, 2.05) is 0 Å². The van der Waals surface area contributed by atoms with E-state index in [0.717, 1.165) is 17.2 Å². The molecule has 1 heterocycles. The molecule has 0 radical (unpaired) electrons. The van der Waals surface area contributed by atoms with Gasteiger partial charge in [-0.3, -0.25) is 0 Å². The molecular formula is C8H13NS2. The van der Waals surface area contributed by atoms with E-state index < -0.39 is 0 Å². The zero-order valence-electron chi connectivity index (χ0n) is 6.92. The second-order valence-corrected chi connectivity index (χ2v) is 4.11. The van der Waals surface area contributed by atoms with E-state index in [-0.39, 0.29) is 0 Å². The van der Waals surface area contributed by atoms with Crippen LogP contribution in [0, 0.1) is 6.92 Å². The minimum atomic E-state index is 0.834. The lowest BCUT2D eigenvalue weighted by atomic mass is 10.2. The molecule has 0 unspecified atom stereocenters. The highest BCUT2D eigenvalue weighted by Crippen LogP contribution is 2.20. The van der Waals surface area contributed by atoms with Crippen LogP contribution < -0.4 is 0 Å². The number of rotatable bonds is 3. The van der Waals surface area contributed by atoms with Crippen LogP contribution in [0.5, 0.6) is 0 Å². The van der Waals surface area contributed by atoms with Crippen LogP contribution in [0.2, 0.25) is 0 Å². The smallest absolute Gasteiger partial charge is 0.0900 e. The molecule has 3 heteroatoms. The number of hydrogen-bond donors (Lipinski definition) is 1. The Kier molecular flexibility index (Phi) is 3.40. The third-order valence-corrected chi connectivity index (χ3v) is 3.06. The van der Waals surface area contributed by atoms with Gasteiger partial charge < -0.3 is 0 Å². The number of hydrogen-bond acceptors (Lipinski definition) is 3. The van der Waals surface area contributed by atoms with E-state index in [0.29, 0.717) is 0 Å². The number of nitrogens with zero attached hydrogens (tertiary/aromatic N) is 1. The fourth-order valence-corrected chi connectivity index (χ4v) is 2.29. The van der Waals surface area contributed by atoms with Crippen molar-refractivity contribution in [3.05, 3.63) is 15.6 Å². The number of thiol groups is 1. The van der Waals surface area contributed by atoms with Gasteiger partial charge in [0.2, 0.25) is 0 Å². The highest BCUT2D eigenvalue weighted by molar-refractivity contribution is 7.79. The van der Waals surface area contributed by atoms with E-state index in [4.69, 9.17) is 0 Å². The lowest BCUT2D eigenvalue weighted by molar-refractivity contribution is 0.879. The van der Waals surface area contributed by atoms with E-state index in [1.165, 1.54) is 17.0 Å². The molecule has 0 aliphatic heterocycles. The van der Waals surface area contributed by atoms with Crippen LogP contribution in [-0.2, 0) is 12.2 Å². The number of aromatic nitrogens is 1. The van der Waals surface area contributed by atoms with Gasteiger partial charge >= 0.3 is 0 Å². The van der Waals surface area contributed by atoms with E-state index in [2.05, 4.69) is 31.5 Å². The molecule has 0 fully saturated rings. The molecule has 11 heavy (non-hydrogen) atoms. The van der Waals surface area contributed by atoms with Crippen molar-refractivity contribution in [1.82, 2.24) is 4.98 Å². The largest absolute Gasteiger partial charge is 0.246 e. The molecule has 1 aromatic heterocycles. The Morgan fingerprint density at radius 3 is 2.82 bits per heavy atom. The van der Waals surface area contributed by atoms with Crippen LogP contribution in [0.15, 0.2) is 0 Å². The Morgan fingerprint density at radius 1 is 1.55 bits per heavy atom. The third kappa shape index (κ3) is 2.20. The van der Waals surface area contributed by atoms with Crippen molar-refractivity contribution in [3.8, 4) is 0 Å². The summed E-state index contributed by atoms with van der Waals surface area (Å²) in [6.45, 7) is 4.23. The van der Waals surface area contributed by atoms with Gasteiger partial charge in [0.1, 0.15) is 0 Å². The SMILES string of the molecule is CCCc1nc(C)sc1CS. The zero-order chi connectivity index (χ0) is 8.27. The first kappa shape index (κ1) is 9.07. The Bertz CT molecular complexity index is 230. The number of thiazole rings is 1. The van der Waals surface area contributed by atoms with Crippen molar-refractivity contribution in [2.75, 3.05) is 0 Å². The molecule has 0 atom stereocenters. The predicted octanol–water partition coefficient (Wildman–Crippen LogP) is 2.83.